The van der Waals surface area contributed by atoms with Crippen molar-refractivity contribution in [3.8, 4) is 0 Å². The van der Waals surface area contributed by atoms with Gasteiger partial charge in [-0.25, -0.2) is 0 Å². The van der Waals surface area contributed by atoms with Gasteiger partial charge in [0.15, 0.2) is 0 Å². The number of hydrogen-bond donors (Lipinski definition) is 0. The van der Waals surface area contributed by atoms with Crippen LogP contribution in [-0.4, -0.2) is 36.4 Å². The number of unbranched alkanes of at least 4 members (excludes halogenated alkanes) is 3. The van der Waals surface area contributed by atoms with Crippen LogP contribution in [0.5, 0.6) is 0 Å². The predicted octanol–water partition coefficient (Wildman–Crippen LogP) is 12.5. The minimum atomic E-state index is -1.43. The summed E-state index contributed by atoms with van der Waals surface area (Å²) in [6.07, 6.45) is 21.5. The molecule has 0 aromatic carbocycles. The zero-order valence-corrected chi connectivity index (χ0v) is 32.8. The van der Waals surface area contributed by atoms with Gasteiger partial charge in [0.25, 0.3) is 0 Å². The summed E-state index contributed by atoms with van der Waals surface area (Å²) in [6.45, 7) is 26.6. The first kappa shape index (κ1) is 34.5. The Morgan fingerprint density at radius 2 is 0.976 bits per heavy atom. The molecule has 0 radical (unpaired) electrons. The Morgan fingerprint density at radius 1 is 0.561 bits per heavy atom. The van der Waals surface area contributed by atoms with Gasteiger partial charge in [-0.05, 0) is 99.5 Å². The molecule has 4 saturated carbocycles. The summed E-state index contributed by atoms with van der Waals surface area (Å²) >= 11 is 0. The Bertz CT molecular complexity index is 754. The average molecular weight is 619 g/mol. The molecule has 0 aromatic rings. The highest BCUT2D eigenvalue weighted by atomic mass is 28.3. The van der Waals surface area contributed by atoms with Crippen LogP contribution in [-0.2, 0) is 4.74 Å². The Kier molecular flexibility index (Phi) is 11.7. The van der Waals surface area contributed by atoms with Crippen molar-refractivity contribution in [2.75, 3.05) is 6.61 Å². The molecule has 4 heteroatoms. The summed E-state index contributed by atoms with van der Waals surface area (Å²) in [4.78, 5) is 0. The first-order chi connectivity index (χ1) is 19.1. The summed E-state index contributed by atoms with van der Waals surface area (Å²) < 4.78 is 6.08. The lowest BCUT2D eigenvalue weighted by atomic mass is 9.78. The van der Waals surface area contributed by atoms with Gasteiger partial charge in [-0.2, -0.15) is 0 Å². The van der Waals surface area contributed by atoms with E-state index >= 15 is 0 Å². The lowest BCUT2D eigenvalue weighted by molar-refractivity contribution is -0.00471. The van der Waals surface area contributed by atoms with E-state index in [2.05, 4.69) is 66.6 Å². The van der Waals surface area contributed by atoms with Crippen LogP contribution in [0.15, 0.2) is 0 Å². The number of ether oxygens (including phenoxy) is 1. The molecular formula is C37H74OSi3. The van der Waals surface area contributed by atoms with Crippen molar-refractivity contribution in [3.63, 3.8) is 0 Å². The molecule has 4 rings (SSSR count). The van der Waals surface area contributed by atoms with Crippen molar-refractivity contribution in [3.05, 3.63) is 0 Å². The molecule has 1 nitrogen and oxygen atoms in total. The summed E-state index contributed by atoms with van der Waals surface area (Å²) in [5, 5.41) is 0. The van der Waals surface area contributed by atoms with Crippen molar-refractivity contribution in [2.24, 2.45) is 35.5 Å². The fraction of sp³-hybridized carbons (Fsp3) is 1.00. The third-order valence-corrected chi connectivity index (χ3v) is 22.3. The van der Waals surface area contributed by atoms with E-state index in [1.807, 2.05) is 0 Å². The molecule has 0 spiro atoms. The van der Waals surface area contributed by atoms with Crippen molar-refractivity contribution >= 4 is 24.2 Å². The fourth-order valence-electron chi connectivity index (χ4n) is 11.4. The van der Waals surface area contributed by atoms with E-state index < -0.39 is 24.2 Å². The zero-order valence-electron chi connectivity index (χ0n) is 29.8. The van der Waals surface area contributed by atoms with Gasteiger partial charge in [0, 0.05) is 22.8 Å². The van der Waals surface area contributed by atoms with Gasteiger partial charge >= 0.3 is 0 Å². The van der Waals surface area contributed by atoms with E-state index in [1.54, 1.807) is 69.5 Å². The van der Waals surface area contributed by atoms with Crippen LogP contribution in [0.1, 0.15) is 111 Å². The maximum atomic E-state index is 6.08. The van der Waals surface area contributed by atoms with Gasteiger partial charge in [-0.15, -0.1) is 0 Å². The van der Waals surface area contributed by atoms with Gasteiger partial charge in [-0.1, -0.05) is 122 Å². The third kappa shape index (κ3) is 9.32. The molecule has 8 atom stereocenters. The van der Waals surface area contributed by atoms with Gasteiger partial charge < -0.3 is 4.74 Å². The van der Waals surface area contributed by atoms with Crippen LogP contribution in [0, 0.1) is 35.5 Å². The number of hydrogen-bond acceptors (Lipinski definition) is 1. The molecule has 0 bridgehead atoms. The first-order valence-electron chi connectivity index (χ1n) is 18.7. The topological polar surface area (TPSA) is 9.23 Å². The second-order valence-corrected chi connectivity index (χ2v) is 35.6. The molecule has 0 aromatic heterocycles. The zero-order chi connectivity index (χ0) is 30.1. The van der Waals surface area contributed by atoms with Crippen LogP contribution in [0.25, 0.3) is 0 Å². The quantitative estimate of drug-likeness (QED) is 0.147. The van der Waals surface area contributed by atoms with Gasteiger partial charge in [0.2, 0.25) is 0 Å². The molecule has 4 fully saturated rings. The van der Waals surface area contributed by atoms with Crippen molar-refractivity contribution in [1.29, 1.82) is 0 Å². The Hall–Kier alpha value is 0.611. The lowest BCUT2D eigenvalue weighted by Gasteiger charge is -2.47. The molecule has 0 N–H and O–H groups in total. The average Bonchev–Trinajstić information content (AvgIpc) is 3.40. The van der Waals surface area contributed by atoms with Crippen LogP contribution in [0.2, 0.25) is 75.0 Å². The predicted molar refractivity (Wildman–Crippen MR) is 192 cm³/mol. The van der Waals surface area contributed by atoms with E-state index in [-0.39, 0.29) is 5.60 Å². The minimum absolute atomic E-state index is 0.0163. The van der Waals surface area contributed by atoms with E-state index in [0.29, 0.717) is 0 Å². The third-order valence-electron chi connectivity index (χ3n) is 12.7. The molecule has 4 aliphatic carbocycles. The highest BCUT2D eigenvalue weighted by Gasteiger charge is 2.59. The molecule has 8 unspecified atom stereocenters. The first-order valence-corrected chi connectivity index (χ1v) is 29.0. The number of fused-ring (bicyclic) bond motifs is 2. The monoisotopic (exact) mass is 619 g/mol. The molecule has 0 saturated heterocycles. The van der Waals surface area contributed by atoms with E-state index in [9.17, 15) is 0 Å². The number of rotatable bonds is 13. The molecule has 240 valence electrons. The second kappa shape index (κ2) is 13.9. The molecule has 0 aliphatic heterocycles. The molecule has 41 heavy (non-hydrogen) atoms. The highest BCUT2D eigenvalue weighted by Crippen LogP contribution is 2.66. The van der Waals surface area contributed by atoms with Crippen LogP contribution >= 0.6 is 0 Å². The Labute approximate surface area is 261 Å². The van der Waals surface area contributed by atoms with Crippen molar-refractivity contribution < 1.29 is 4.74 Å². The maximum absolute atomic E-state index is 6.08. The SMILES string of the molecule is CC(C)(C)OCCCCCC[Si](C)(C1CC(C[Si](C)(C)C)C2CCCCC21)C1CC(C[Si](C)(C)C)C2CCCCC21. The van der Waals surface area contributed by atoms with E-state index in [0.717, 1.165) is 53.2 Å². The smallest absolute Gasteiger partial charge is 0.0598 e. The standard InChI is InChI=1S/C37H74OSi3/c1-37(2,3)38-23-17-11-12-18-24-41(10,35-25-29(27-39(4,5)6)31-19-13-15-21-33(31)35)36-26-30(28-40(7,8)9)32-20-14-16-22-34(32)36/h29-36H,11-28H2,1-10H3. The highest BCUT2D eigenvalue weighted by molar-refractivity contribution is 6.82. The molecule has 0 amide bonds. The Morgan fingerprint density at radius 3 is 1.39 bits per heavy atom. The van der Waals surface area contributed by atoms with Crippen LogP contribution < -0.4 is 0 Å². The van der Waals surface area contributed by atoms with Crippen LogP contribution in [0.3, 0.4) is 0 Å². The van der Waals surface area contributed by atoms with Crippen molar-refractivity contribution in [2.45, 2.75) is 191 Å². The van der Waals surface area contributed by atoms with Crippen molar-refractivity contribution in [1.82, 2.24) is 0 Å². The summed E-state index contributed by atoms with van der Waals surface area (Å²) in [5.74, 6) is 6.59. The van der Waals surface area contributed by atoms with Gasteiger partial charge in [0.05, 0.1) is 13.7 Å². The van der Waals surface area contributed by atoms with Crippen LogP contribution in [0.4, 0.5) is 0 Å². The summed E-state index contributed by atoms with van der Waals surface area (Å²) in [5.41, 5.74) is 2.32. The lowest BCUT2D eigenvalue weighted by Crippen LogP contribution is -2.46. The van der Waals surface area contributed by atoms with E-state index in [1.165, 1.54) is 38.5 Å². The van der Waals surface area contributed by atoms with Gasteiger partial charge in [-0.3, -0.25) is 0 Å². The summed E-state index contributed by atoms with van der Waals surface area (Å²) in [6, 6.07) is 4.91. The fourth-order valence-corrected chi connectivity index (χ4v) is 22.3. The maximum Gasteiger partial charge on any atom is 0.0598 e. The summed E-state index contributed by atoms with van der Waals surface area (Å²) in [7, 11) is -3.50. The molecule has 0 heterocycles. The molecule has 4 aliphatic rings. The minimum Gasteiger partial charge on any atom is -0.376 e. The normalized spacial score (nSPS) is 36.1. The van der Waals surface area contributed by atoms with Gasteiger partial charge in [0.1, 0.15) is 0 Å². The largest absolute Gasteiger partial charge is 0.376 e. The van der Waals surface area contributed by atoms with E-state index in [4.69, 9.17) is 4.74 Å². The molecular weight excluding hydrogens is 545 g/mol. The Balaban J connectivity index is 1.55. The second-order valence-electron chi connectivity index (χ2n) is 19.6.